The van der Waals surface area contributed by atoms with E-state index in [1.165, 1.54) is 11.1 Å². The number of fused-ring (bicyclic) bond motifs is 1. The first-order chi connectivity index (χ1) is 12.6. The van der Waals surface area contributed by atoms with Gasteiger partial charge in [0.25, 0.3) is 0 Å². The molecular formula is C22H23NO3. The van der Waals surface area contributed by atoms with E-state index < -0.39 is 5.97 Å². The van der Waals surface area contributed by atoms with E-state index >= 15 is 0 Å². The quantitative estimate of drug-likeness (QED) is 0.776. The van der Waals surface area contributed by atoms with Crippen LogP contribution < -0.4 is 10.5 Å². The number of hydrogen-bond donors (Lipinski definition) is 2. The maximum atomic E-state index is 11.0. The van der Waals surface area contributed by atoms with E-state index in [2.05, 4.69) is 12.1 Å². The topological polar surface area (TPSA) is 72.5 Å². The molecule has 0 amide bonds. The zero-order valence-corrected chi connectivity index (χ0v) is 14.8. The first-order valence-corrected chi connectivity index (χ1v) is 9.12. The Kier molecular flexibility index (Phi) is 4.19. The van der Waals surface area contributed by atoms with Gasteiger partial charge in [0.05, 0.1) is 5.92 Å². The van der Waals surface area contributed by atoms with Gasteiger partial charge in [-0.25, -0.2) is 0 Å². The molecule has 0 saturated heterocycles. The van der Waals surface area contributed by atoms with Crippen molar-refractivity contribution in [3.8, 4) is 5.75 Å². The van der Waals surface area contributed by atoms with E-state index in [1.54, 1.807) is 0 Å². The van der Waals surface area contributed by atoms with Crippen LogP contribution in [0.3, 0.4) is 0 Å². The van der Waals surface area contributed by atoms with Crippen LogP contribution >= 0.6 is 0 Å². The third-order valence-electron chi connectivity index (χ3n) is 5.45. The molecule has 0 aromatic heterocycles. The Bertz CT molecular complexity index is 870. The van der Waals surface area contributed by atoms with Crippen LogP contribution in [-0.4, -0.2) is 11.1 Å². The summed E-state index contributed by atoms with van der Waals surface area (Å²) < 4.78 is 6.27. The van der Waals surface area contributed by atoms with E-state index in [9.17, 15) is 4.79 Å². The molecule has 0 bridgehead atoms. The fourth-order valence-electron chi connectivity index (χ4n) is 4.02. The monoisotopic (exact) mass is 349 g/mol. The standard InChI is InChI=1S/C22H23NO3/c1-2-3-14-6-10-19(23)16-9-11-20(21(14)16)26-15-7-4-13(5-8-15)17-12-18(17)22(24)25/h2-8,10,17-18,20H,9,11-12,23H2,1H3,(H,24,25). The fraction of sp³-hybridized carbons (Fsp3) is 0.318. The number of allylic oxidation sites excluding steroid dienone is 1. The highest BCUT2D eigenvalue weighted by atomic mass is 16.5. The molecular weight excluding hydrogens is 326 g/mol. The first-order valence-electron chi connectivity index (χ1n) is 9.12. The Morgan fingerprint density at radius 1 is 1.23 bits per heavy atom. The number of aliphatic carboxylic acids is 1. The van der Waals surface area contributed by atoms with Crippen molar-refractivity contribution in [3.63, 3.8) is 0 Å². The van der Waals surface area contributed by atoms with E-state index in [1.807, 2.05) is 43.3 Å². The van der Waals surface area contributed by atoms with Crippen LogP contribution in [0.4, 0.5) is 5.69 Å². The maximum Gasteiger partial charge on any atom is 0.307 e. The smallest absolute Gasteiger partial charge is 0.307 e. The van der Waals surface area contributed by atoms with Crippen molar-refractivity contribution >= 4 is 17.7 Å². The number of carbonyl (C=O) groups is 1. The lowest BCUT2D eigenvalue weighted by molar-refractivity contribution is -0.138. The molecule has 4 heteroatoms. The van der Waals surface area contributed by atoms with Gasteiger partial charge in [0.2, 0.25) is 0 Å². The zero-order chi connectivity index (χ0) is 18.3. The van der Waals surface area contributed by atoms with Gasteiger partial charge in [-0.3, -0.25) is 4.79 Å². The average molecular weight is 349 g/mol. The molecule has 2 aromatic carbocycles. The molecule has 2 aliphatic rings. The Labute approximate surface area is 153 Å². The van der Waals surface area contributed by atoms with Crippen molar-refractivity contribution in [1.82, 2.24) is 0 Å². The number of rotatable bonds is 5. The molecule has 0 aliphatic heterocycles. The molecule has 3 atom stereocenters. The van der Waals surface area contributed by atoms with Gasteiger partial charge in [-0.1, -0.05) is 30.4 Å². The highest BCUT2D eigenvalue weighted by Gasteiger charge is 2.44. The Morgan fingerprint density at radius 2 is 2.00 bits per heavy atom. The van der Waals surface area contributed by atoms with Gasteiger partial charge in [0, 0.05) is 11.3 Å². The fourth-order valence-corrected chi connectivity index (χ4v) is 4.02. The molecule has 0 radical (unpaired) electrons. The molecule has 0 heterocycles. The minimum Gasteiger partial charge on any atom is -0.486 e. The third-order valence-corrected chi connectivity index (χ3v) is 5.45. The summed E-state index contributed by atoms with van der Waals surface area (Å²) in [5, 5.41) is 9.07. The summed E-state index contributed by atoms with van der Waals surface area (Å²) >= 11 is 0. The molecule has 1 fully saturated rings. The molecule has 4 rings (SSSR count). The zero-order valence-electron chi connectivity index (χ0n) is 14.8. The van der Waals surface area contributed by atoms with Crippen molar-refractivity contribution in [1.29, 1.82) is 0 Å². The van der Waals surface area contributed by atoms with Crippen LogP contribution in [0, 0.1) is 5.92 Å². The van der Waals surface area contributed by atoms with Crippen LogP contribution in [0.2, 0.25) is 0 Å². The van der Waals surface area contributed by atoms with Gasteiger partial charge in [-0.2, -0.15) is 0 Å². The highest BCUT2D eigenvalue weighted by Crippen LogP contribution is 2.48. The summed E-state index contributed by atoms with van der Waals surface area (Å²) in [5.41, 5.74) is 11.6. The van der Waals surface area contributed by atoms with E-state index in [0.29, 0.717) is 0 Å². The maximum absolute atomic E-state index is 11.0. The summed E-state index contributed by atoms with van der Waals surface area (Å²) in [6.45, 7) is 2.01. The molecule has 3 N–H and O–H groups in total. The molecule has 26 heavy (non-hydrogen) atoms. The van der Waals surface area contributed by atoms with Crippen LogP contribution in [0.5, 0.6) is 5.75 Å². The molecule has 4 nitrogen and oxygen atoms in total. The second-order valence-corrected chi connectivity index (χ2v) is 7.14. The lowest BCUT2D eigenvalue weighted by Gasteiger charge is -2.18. The van der Waals surface area contributed by atoms with E-state index in [4.69, 9.17) is 15.6 Å². The summed E-state index contributed by atoms with van der Waals surface area (Å²) in [6, 6.07) is 11.9. The van der Waals surface area contributed by atoms with Crippen LogP contribution in [0.15, 0.2) is 42.5 Å². The number of carboxylic acid groups (broad SMARTS) is 1. The second-order valence-electron chi connectivity index (χ2n) is 7.14. The molecule has 134 valence electrons. The number of ether oxygens (including phenoxy) is 1. The number of hydrogen-bond acceptors (Lipinski definition) is 3. The van der Waals surface area contributed by atoms with Gasteiger partial charge in [-0.15, -0.1) is 0 Å². The lowest BCUT2D eigenvalue weighted by atomic mass is 10.00. The Hall–Kier alpha value is -2.75. The predicted molar refractivity (Wildman–Crippen MR) is 102 cm³/mol. The molecule has 1 saturated carbocycles. The van der Waals surface area contributed by atoms with Crippen molar-refractivity contribution in [2.24, 2.45) is 5.92 Å². The summed E-state index contributed by atoms with van der Waals surface area (Å²) in [7, 11) is 0. The van der Waals surface area contributed by atoms with Gasteiger partial charge in [0.15, 0.2) is 0 Å². The number of carboxylic acids is 1. The van der Waals surface area contributed by atoms with Gasteiger partial charge < -0.3 is 15.6 Å². The minimum absolute atomic E-state index is 0.00163. The third kappa shape index (κ3) is 2.96. The van der Waals surface area contributed by atoms with Crippen molar-refractivity contribution < 1.29 is 14.6 Å². The van der Waals surface area contributed by atoms with Gasteiger partial charge in [-0.05, 0) is 67.0 Å². The molecule has 2 aliphatic carbocycles. The number of benzene rings is 2. The SMILES string of the molecule is CC=Cc1ccc(N)c2c1C(Oc1ccc(C3CC3C(=O)O)cc1)CC2. The number of nitrogen functional groups attached to an aromatic ring is 1. The lowest BCUT2D eigenvalue weighted by Crippen LogP contribution is -2.06. The van der Waals surface area contributed by atoms with Crippen molar-refractivity contribution in [2.75, 3.05) is 5.73 Å². The largest absolute Gasteiger partial charge is 0.486 e. The number of nitrogens with two attached hydrogens (primary N) is 1. The number of anilines is 1. The van der Waals surface area contributed by atoms with Gasteiger partial charge >= 0.3 is 5.97 Å². The Balaban J connectivity index is 1.53. The van der Waals surface area contributed by atoms with Crippen molar-refractivity contribution in [2.45, 2.75) is 38.2 Å². The summed E-state index contributed by atoms with van der Waals surface area (Å²) in [5.74, 6) is 0.0321. The normalized spacial score (nSPS) is 23.8. The summed E-state index contributed by atoms with van der Waals surface area (Å²) in [4.78, 5) is 11.0. The van der Waals surface area contributed by atoms with Crippen molar-refractivity contribution in [3.05, 3.63) is 64.7 Å². The first kappa shape index (κ1) is 16.7. The predicted octanol–water partition coefficient (Wildman–Crippen LogP) is 4.56. The van der Waals surface area contributed by atoms with Crippen LogP contribution in [0.1, 0.15) is 54.0 Å². The van der Waals surface area contributed by atoms with Crippen LogP contribution in [0.25, 0.3) is 6.08 Å². The molecule has 3 unspecified atom stereocenters. The van der Waals surface area contributed by atoms with E-state index in [0.717, 1.165) is 41.8 Å². The summed E-state index contributed by atoms with van der Waals surface area (Å²) in [6.07, 6.45) is 6.71. The van der Waals surface area contributed by atoms with Gasteiger partial charge in [0.1, 0.15) is 11.9 Å². The Morgan fingerprint density at radius 3 is 2.65 bits per heavy atom. The highest BCUT2D eigenvalue weighted by molar-refractivity contribution is 5.75. The molecule has 0 spiro atoms. The second kappa shape index (κ2) is 6.52. The minimum atomic E-state index is -0.702. The average Bonchev–Trinajstić information content (AvgIpc) is 3.33. The van der Waals surface area contributed by atoms with Crippen LogP contribution in [-0.2, 0) is 11.2 Å². The molecule has 2 aromatic rings. The van der Waals surface area contributed by atoms with E-state index in [-0.39, 0.29) is 17.9 Å².